The van der Waals surface area contributed by atoms with Crippen molar-refractivity contribution in [3.05, 3.63) is 21.4 Å². The van der Waals surface area contributed by atoms with E-state index >= 15 is 0 Å². The molecule has 0 atom stereocenters. The normalized spacial score (nSPS) is 9.55. The van der Waals surface area contributed by atoms with Gasteiger partial charge in [-0.1, -0.05) is 0 Å². The minimum absolute atomic E-state index is 0.100. The highest BCUT2D eigenvalue weighted by Gasteiger charge is 2.21. The van der Waals surface area contributed by atoms with Crippen LogP contribution in [-0.2, 0) is 0 Å². The van der Waals surface area contributed by atoms with Gasteiger partial charge in [-0.2, -0.15) is 0 Å². The van der Waals surface area contributed by atoms with Crippen LogP contribution in [0.25, 0.3) is 0 Å². The molecule has 11 heavy (non-hydrogen) atoms. The Labute approximate surface area is 60.9 Å². The minimum Gasteiger partial charge on any atom is -0.358 e. The van der Waals surface area contributed by atoms with E-state index in [-0.39, 0.29) is 11.3 Å². The molecule has 0 unspecified atom stereocenters. The monoisotopic (exact) mass is 156 g/mol. The van der Waals surface area contributed by atoms with Crippen molar-refractivity contribution in [2.24, 2.45) is 0 Å². The maximum absolute atomic E-state index is 10.1. The number of carbonyl (C=O) groups is 1. The predicted molar refractivity (Wildman–Crippen MR) is 33.3 cm³/mol. The fourth-order valence-electron chi connectivity index (χ4n) is 0.620. The first-order valence-corrected chi connectivity index (χ1v) is 2.72. The van der Waals surface area contributed by atoms with E-state index < -0.39 is 10.7 Å². The van der Waals surface area contributed by atoms with Crippen LogP contribution in [0.3, 0.4) is 0 Å². The molecule has 6 heteroatoms. The zero-order valence-electron chi connectivity index (χ0n) is 5.60. The van der Waals surface area contributed by atoms with E-state index in [4.69, 9.17) is 0 Å². The molecule has 0 saturated heterocycles. The highest BCUT2D eigenvalue weighted by atomic mass is 16.6. The Balaban J connectivity index is 3.20. The second-order valence-corrected chi connectivity index (χ2v) is 1.87. The number of rotatable bonds is 2. The summed E-state index contributed by atoms with van der Waals surface area (Å²) >= 11 is 0. The van der Waals surface area contributed by atoms with Crippen LogP contribution >= 0.6 is 0 Å². The van der Waals surface area contributed by atoms with Crippen molar-refractivity contribution in [1.82, 2.24) is 5.16 Å². The second-order valence-electron chi connectivity index (χ2n) is 1.87. The number of nitro groups is 1. The summed E-state index contributed by atoms with van der Waals surface area (Å²) in [6, 6.07) is 0. The number of hydrogen-bond acceptors (Lipinski definition) is 5. The molecule has 1 rings (SSSR count). The summed E-state index contributed by atoms with van der Waals surface area (Å²) < 4.78 is 4.35. The molecule has 0 aromatic carbocycles. The van der Waals surface area contributed by atoms with Crippen molar-refractivity contribution in [2.45, 2.75) is 6.92 Å². The van der Waals surface area contributed by atoms with Crippen molar-refractivity contribution in [2.75, 3.05) is 0 Å². The number of aldehydes is 1. The first-order valence-electron chi connectivity index (χ1n) is 2.72. The van der Waals surface area contributed by atoms with Gasteiger partial charge in [-0.3, -0.25) is 9.32 Å². The third kappa shape index (κ3) is 1.09. The van der Waals surface area contributed by atoms with Crippen LogP contribution in [0, 0.1) is 17.0 Å². The fourth-order valence-corrected chi connectivity index (χ4v) is 0.620. The van der Waals surface area contributed by atoms with Gasteiger partial charge < -0.3 is 10.1 Å². The van der Waals surface area contributed by atoms with Crippen LogP contribution in [0.2, 0.25) is 0 Å². The van der Waals surface area contributed by atoms with E-state index in [1.165, 1.54) is 6.92 Å². The number of aromatic nitrogens is 1. The summed E-state index contributed by atoms with van der Waals surface area (Å²) in [5.41, 5.74) is 0.157. The van der Waals surface area contributed by atoms with Crippen LogP contribution in [0.5, 0.6) is 0 Å². The Morgan fingerprint density at radius 1 is 1.73 bits per heavy atom. The minimum atomic E-state index is -0.703. The Hall–Kier alpha value is -1.72. The Kier molecular flexibility index (Phi) is 1.67. The van der Waals surface area contributed by atoms with Gasteiger partial charge in [0.1, 0.15) is 5.56 Å². The molecule has 0 spiro atoms. The molecule has 0 amide bonds. The van der Waals surface area contributed by atoms with Crippen molar-refractivity contribution < 1.29 is 14.2 Å². The first-order chi connectivity index (χ1) is 5.16. The summed E-state index contributed by atoms with van der Waals surface area (Å²) in [7, 11) is 0. The van der Waals surface area contributed by atoms with Crippen LogP contribution in [0.15, 0.2) is 4.52 Å². The molecule has 0 fully saturated rings. The molecular formula is C5H4N2O4. The quantitative estimate of drug-likeness (QED) is 0.357. The van der Waals surface area contributed by atoms with Crippen molar-refractivity contribution in [3.63, 3.8) is 0 Å². The Morgan fingerprint density at radius 3 is 2.64 bits per heavy atom. The molecule has 0 aliphatic carbocycles. The average Bonchev–Trinajstić information content (AvgIpc) is 2.30. The molecule has 0 bridgehead atoms. The molecule has 1 aromatic heterocycles. The van der Waals surface area contributed by atoms with Crippen LogP contribution < -0.4 is 0 Å². The average molecular weight is 156 g/mol. The third-order valence-electron chi connectivity index (χ3n) is 1.22. The summed E-state index contributed by atoms with van der Waals surface area (Å²) in [5, 5.41) is 13.2. The van der Waals surface area contributed by atoms with Gasteiger partial charge in [0, 0.05) is 0 Å². The van der Waals surface area contributed by atoms with E-state index in [9.17, 15) is 14.9 Å². The highest BCUT2D eigenvalue weighted by Crippen LogP contribution is 2.17. The van der Waals surface area contributed by atoms with E-state index in [2.05, 4.69) is 9.68 Å². The van der Waals surface area contributed by atoms with Crippen LogP contribution in [0.1, 0.15) is 16.1 Å². The number of carbonyl (C=O) groups excluding carboxylic acids is 1. The summed E-state index contributed by atoms with van der Waals surface area (Å²) in [6.45, 7) is 1.40. The number of nitrogens with zero attached hydrogens (tertiary/aromatic N) is 2. The Morgan fingerprint density at radius 2 is 2.36 bits per heavy atom. The standard InChI is InChI=1S/C5H4N2O4/c1-3-4(2-8)11-6-5(3)7(9)10/h2H,1H3. The van der Waals surface area contributed by atoms with Crippen LogP contribution in [0.4, 0.5) is 5.82 Å². The van der Waals surface area contributed by atoms with Gasteiger partial charge in [-0.15, -0.1) is 0 Å². The number of hydrogen-bond donors (Lipinski definition) is 0. The smallest absolute Gasteiger partial charge is 0.358 e. The molecule has 1 heterocycles. The lowest BCUT2D eigenvalue weighted by atomic mass is 10.3. The molecule has 0 N–H and O–H groups in total. The van der Waals surface area contributed by atoms with E-state index in [1.54, 1.807) is 0 Å². The fraction of sp³-hybridized carbons (Fsp3) is 0.200. The lowest BCUT2D eigenvalue weighted by Gasteiger charge is -1.84. The SMILES string of the molecule is Cc1c([N+](=O)[O-])noc1C=O. The molecule has 1 aromatic rings. The Bertz CT molecular complexity index is 303. The molecule has 0 radical (unpaired) electrons. The van der Waals surface area contributed by atoms with Gasteiger partial charge >= 0.3 is 5.82 Å². The molecular weight excluding hydrogens is 152 g/mol. The van der Waals surface area contributed by atoms with E-state index in [0.717, 1.165) is 0 Å². The largest absolute Gasteiger partial charge is 0.417 e. The van der Waals surface area contributed by atoms with Gasteiger partial charge in [-0.25, -0.2) is 0 Å². The highest BCUT2D eigenvalue weighted by molar-refractivity contribution is 5.74. The molecule has 0 saturated carbocycles. The lowest BCUT2D eigenvalue weighted by Crippen LogP contribution is -1.90. The summed E-state index contributed by atoms with van der Waals surface area (Å²) in [6.07, 6.45) is 0.384. The van der Waals surface area contributed by atoms with E-state index in [0.29, 0.717) is 6.29 Å². The van der Waals surface area contributed by atoms with E-state index in [1.807, 2.05) is 0 Å². The van der Waals surface area contributed by atoms with Gasteiger partial charge in [0.25, 0.3) is 0 Å². The second kappa shape index (κ2) is 2.49. The molecule has 6 nitrogen and oxygen atoms in total. The topological polar surface area (TPSA) is 86.2 Å². The van der Waals surface area contributed by atoms with Gasteiger partial charge in [0.2, 0.25) is 5.76 Å². The first kappa shape index (κ1) is 7.39. The van der Waals surface area contributed by atoms with Crippen molar-refractivity contribution in [1.29, 1.82) is 0 Å². The van der Waals surface area contributed by atoms with Crippen molar-refractivity contribution in [3.8, 4) is 0 Å². The zero-order valence-corrected chi connectivity index (χ0v) is 5.60. The maximum Gasteiger partial charge on any atom is 0.417 e. The summed E-state index contributed by atoms with van der Waals surface area (Å²) in [4.78, 5) is 19.5. The van der Waals surface area contributed by atoms with Gasteiger partial charge in [0.15, 0.2) is 11.4 Å². The third-order valence-corrected chi connectivity index (χ3v) is 1.22. The zero-order chi connectivity index (χ0) is 8.43. The maximum atomic E-state index is 10.1. The predicted octanol–water partition coefficient (Wildman–Crippen LogP) is 0.704. The molecule has 0 aliphatic rings. The lowest BCUT2D eigenvalue weighted by molar-refractivity contribution is -0.391. The molecule has 0 aliphatic heterocycles. The van der Waals surface area contributed by atoms with Gasteiger partial charge in [0.05, 0.1) is 0 Å². The van der Waals surface area contributed by atoms with Crippen LogP contribution in [-0.4, -0.2) is 16.4 Å². The van der Waals surface area contributed by atoms with Crippen molar-refractivity contribution >= 4 is 12.1 Å². The summed E-state index contributed by atoms with van der Waals surface area (Å²) in [5.74, 6) is -0.510. The van der Waals surface area contributed by atoms with Gasteiger partial charge in [-0.05, 0) is 11.8 Å². The molecule has 58 valence electrons.